The first-order valence-electron chi connectivity index (χ1n) is 8.56. The lowest BCUT2D eigenvalue weighted by Gasteiger charge is -2.15. The molecule has 2 N–H and O–H groups in total. The summed E-state index contributed by atoms with van der Waals surface area (Å²) in [6.07, 6.45) is 1.35. The SMILES string of the molecule is COc1ccc(C(C)NC(=O)/C(C#N)=C\Nc2ccc(OC)cc2OC)cc1. The van der Waals surface area contributed by atoms with Crippen LogP contribution in [0.5, 0.6) is 17.2 Å². The van der Waals surface area contributed by atoms with Crippen LogP contribution in [0.25, 0.3) is 0 Å². The van der Waals surface area contributed by atoms with Gasteiger partial charge in [0, 0.05) is 12.3 Å². The first-order valence-corrected chi connectivity index (χ1v) is 8.56. The molecule has 0 aromatic heterocycles. The number of hydrogen-bond donors (Lipinski definition) is 2. The van der Waals surface area contributed by atoms with Gasteiger partial charge in [-0.3, -0.25) is 4.79 Å². The van der Waals surface area contributed by atoms with E-state index in [0.29, 0.717) is 17.2 Å². The predicted molar refractivity (Wildman–Crippen MR) is 106 cm³/mol. The Labute approximate surface area is 164 Å². The molecule has 1 atom stereocenters. The number of amides is 1. The molecule has 7 heteroatoms. The number of carbonyl (C=O) groups is 1. The summed E-state index contributed by atoms with van der Waals surface area (Å²) >= 11 is 0. The second-order valence-electron chi connectivity index (χ2n) is 5.85. The summed E-state index contributed by atoms with van der Waals surface area (Å²) in [6.45, 7) is 1.84. The van der Waals surface area contributed by atoms with E-state index in [9.17, 15) is 10.1 Å². The van der Waals surface area contributed by atoms with E-state index in [1.165, 1.54) is 13.3 Å². The summed E-state index contributed by atoms with van der Waals surface area (Å²) in [6, 6.07) is 14.2. The molecule has 0 aliphatic carbocycles. The van der Waals surface area contributed by atoms with Gasteiger partial charge in [0.05, 0.1) is 33.1 Å². The average molecular weight is 381 g/mol. The van der Waals surface area contributed by atoms with Crippen molar-refractivity contribution in [3.05, 3.63) is 59.8 Å². The number of benzene rings is 2. The van der Waals surface area contributed by atoms with E-state index in [-0.39, 0.29) is 11.6 Å². The number of rotatable bonds is 8. The van der Waals surface area contributed by atoms with Gasteiger partial charge in [-0.25, -0.2) is 0 Å². The van der Waals surface area contributed by atoms with Crippen LogP contribution in [0, 0.1) is 11.3 Å². The van der Waals surface area contributed by atoms with E-state index in [0.717, 1.165) is 11.3 Å². The molecule has 0 fully saturated rings. The molecule has 0 saturated heterocycles. The number of ether oxygens (including phenoxy) is 3. The molecule has 0 saturated carbocycles. The topological polar surface area (TPSA) is 92.6 Å². The van der Waals surface area contributed by atoms with Crippen LogP contribution in [0.3, 0.4) is 0 Å². The molecular weight excluding hydrogens is 358 g/mol. The average Bonchev–Trinajstić information content (AvgIpc) is 2.74. The third-order valence-corrected chi connectivity index (χ3v) is 4.11. The van der Waals surface area contributed by atoms with Crippen molar-refractivity contribution < 1.29 is 19.0 Å². The third kappa shape index (κ3) is 5.17. The van der Waals surface area contributed by atoms with Crippen LogP contribution in [0.1, 0.15) is 18.5 Å². The minimum atomic E-state index is -0.481. The highest BCUT2D eigenvalue weighted by Crippen LogP contribution is 2.29. The maximum atomic E-state index is 12.4. The fourth-order valence-electron chi connectivity index (χ4n) is 2.47. The Kier molecular flexibility index (Phi) is 7.28. The van der Waals surface area contributed by atoms with Gasteiger partial charge in [-0.15, -0.1) is 0 Å². The number of carbonyl (C=O) groups excluding carboxylic acids is 1. The monoisotopic (exact) mass is 381 g/mol. The quantitative estimate of drug-likeness (QED) is 0.538. The van der Waals surface area contributed by atoms with Crippen molar-refractivity contribution in [1.29, 1.82) is 5.26 Å². The number of nitriles is 1. The summed E-state index contributed by atoms with van der Waals surface area (Å²) in [5, 5.41) is 15.1. The Balaban J connectivity index is 2.09. The molecule has 28 heavy (non-hydrogen) atoms. The maximum Gasteiger partial charge on any atom is 0.263 e. The normalized spacial score (nSPS) is 11.8. The Bertz CT molecular complexity index is 886. The molecule has 7 nitrogen and oxygen atoms in total. The minimum Gasteiger partial charge on any atom is -0.497 e. The highest BCUT2D eigenvalue weighted by Gasteiger charge is 2.14. The summed E-state index contributed by atoms with van der Waals surface area (Å²) in [7, 11) is 4.68. The minimum absolute atomic E-state index is 0.0572. The van der Waals surface area contributed by atoms with Crippen LogP contribution in [-0.4, -0.2) is 27.2 Å². The van der Waals surface area contributed by atoms with Gasteiger partial charge in [-0.2, -0.15) is 5.26 Å². The number of nitrogens with one attached hydrogen (secondary N) is 2. The predicted octanol–water partition coefficient (Wildman–Crippen LogP) is 3.41. The first-order chi connectivity index (χ1) is 13.5. The summed E-state index contributed by atoms with van der Waals surface area (Å²) in [4.78, 5) is 12.4. The van der Waals surface area contributed by atoms with Crippen molar-refractivity contribution in [2.24, 2.45) is 0 Å². The first kappa shape index (κ1) is 20.6. The third-order valence-electron chi connectivity index (χ3n) is 4.11. The van der Waals surface area contributed by atoms with Crippen LogP contribution < -0.4 is 24.8 Å². The smallest absolute Gasteiger partial charge is 0.263 e. The molecule has 2 aromatic carbocycles. The van der Waals surface area contributed by atoms with Gasteiger partial charge in [0.2, 0.25) is 0 Å². The van der Waals surface area contributed by atoms with E-state index in [1.807, 2.05) is 37.3 Å². The van der Waals surface area contributed by atoms with E-state index in [1.54, 1.807) is 32.4 Å². The summed E-state index contributed by atoms with van der Waals surface area (Å²) in [5.41, 5.74) is 1.45. The molecule has 2 aromatic rings. The Morgan fingerprint density at radius 1 is 1.04 bits per heavy atom. The Morgan fingerprint density at radius 2 is 1.68 bits per heavy atom. The second-order valence-corrected chi connectivity index (χ2v) is 5.85. The van der Waals surface area contributed by atoms with Crippen LogP contribution in [-0.2, 0) is 4.79 Å². The molecule has 0 radical (unpaired) electrons. The second kappa shape index (κ2) is 9.88. The van der Waals surface area contributed by atoms with Gasteiger partial charge in [0.1, 0.15) is 28.9 Å². The van der Waals surface area contributed by atoms with Gasteiger partial charge in [0.25, 0.3) is 5.91 Å². The fraction of sp³-hybridized carbons (Fsp3) is 0.238. The molecule has 1 amide bonds. The lowest BCUT2D eigenvalue weighted by molar-refractivity contribution is -0.117. The highest BCUT2D eigenvalue weighted by atomic mass is 16.5. The number of hydrogen-bond acceptors (Lipinski definition) is 6. The van der Waals surface area contributed by atoms with E-state index >= 15 is 0 Å². The Morgan fingerprint density at radius 3 is 2.25 bits per heavy atom. The molecule has 2 rings (SSSR count). The van der Waals surface area contributed by atoms with Gasteiger partial charge >= 0.3 is 0 Å². The molecule has 0 aliphatic heterocycles. The van der Waals surface area contributed by atoms with Crippen molar-refractivity contribution >= 4 is 11.6 Å². The van der Waals surface area contributed by atoms with Crippen molar-refractivity contribution in [2.75, 3.05) is 26.6 Å². The lowest BCUT2D eigenvalue weighted by atomic mass is 10.1. The van der Waals surface area contributed by atoms with Crippen molar-refractivity contribution in [3.8, 4) is 23.3 Å². The molecule has 0 aliphatic rings. The zero-order valence-electron chi connectivity index (χ0n) is 16.3. The van der Waals surface area contributed by atoms with Crippen molar-refractivity contribution in [1.82, 2.24) is 5.32 Å². The van der Waals surface area contributed by atoms with Crippen LogP contribution in [0.15, 0.2) is 54.2 Å². The molecular formula is C21H23N3O4. The highest BCUT2D eigenvalue weighted by molar-refractivity contribution is 5.97. The van der Waals surface area contributed by atoms with Crippen LogP contribution in [0.4, 0.5) is 5.69 Å². The van der Waals surface area contributed by atoms with Crippen LogP contribution >= 0.6 is 0 Å². The standard InChI is InChI=1S/C21H23N3O4/c1-14(15-5-7-17(26-2)8-6-15)24-21(25)16(12-22)13-23-19-10-9-18(27-3)11-20(19)28-4/h5-11,13-14,23H,1-4H3,(H,24,25)/b16-13-. The summed E-state index contributed by atoms with van der Waals surface area (Å²) < 4.78 is 15.6. The maximum absolute atomic E-state index is 12.4. The molecule has 0 spiro atoms. The van der Waals surface area contributed by atoms with E-state index in [2.05, 4.69) is 10.6 Å². The van der Waals surface area contributed by atoms with Crippen molar-refractivity contribution in [3.63, 3.8) is 0 Å². The number of nitrogens with zero attached hydrogens (tertiary/aromatic N) is 1. The largest absolute Gasteiger partial charge is 0.497 e. The zero-order valence-corrected chi connectivity index (χ0v) is 16.3. The van der Waals surface area contributed by atoms with Crippen molar-refractivity contribution in [2.45, 2.75) is 13.0 Å². The van der Waals surface area contributed by atoms with Gasteiger partial charge in [0.15, 0.2) is 0 Å². The molecule has 1 unspecified atom stereocenters. The van der Waals surface area contributed by atoms with E-state index in [4.69, 9.17) is 14.2 Å². The van der Waals surface area contributed by atoms with Gasteiger partial charge in [-0.05, 0) is 36.8 Å². The van der Waals surface area contributed by atoms with Crippen LogP contribution in [0.2, 0.25) is 0 Å². The van der Waals surface area contributed by atoms with Gasteiger partial charge in [-0.1, -0.05) is 12.1 Å². The lowest BCUT2D eigenvalue weighted by Crippen LogP contribution is -2.28. The fourth-order valence-corrected chi connectivity index (χ4v) is 2.47. The zero-order chi connectivity index (χ0) is 20.5. The molecule has 0 bridgehead atoms. The molecule has 146 valence electrons. The number of anilines is 1. The molecule has 0 heterocycles. The van der Waals surface area contributed by atoms with E-state index < -0.39 is 5.91 Å². The number of methoxy groups -OCH3 is 3. The van der Waals surface area contributed by atoms with Gasteiger partial charge < -0.3 is 24.8 Å². The summed E-state index contributed by atoms with van der Waals surface area (Å²) in [5.74, 6) is 1.42. The Hall–Kier alpha value is -3.66.